The molecule has 0 fully saturated rings. The van der Waals surface area contributed by atoms with Crippen molar-refractivity contribution in [2.24, 2.45) is 0 Å². The van der Waals surface area contributed by atoms with E-state index >= 15 is 0 Å². The van der Waals surface area contributed by atoms with Crippen LogP contribution in [-0.4, -0.2) is 11.7 Å². The summed E-state index contributed by atoms with van der Waals surface area (Å²) in [6.45, 7) is 0.112. The molecule has 102 valence electrons. The largest absolute Gasteiger partial charge is 0.457 e. The van der Waals surface area contributed by atoms with Crippen LogP contribution in [0.15, 0.2) is 60.7 Å². The number of allylic oxidation sites excluding steroid dienone is 1. The molecular weight excluding hydrogens is 248 g/mol. The maximum absolute atomic E-state index is 8.81. The number of rotatable bonds is 4. The van der Waals surface area contributed by atoms with Gasteiger partial charge in [-0.05, 0) is 25.0 Å². The summed E-state index contributed by atoms with van der Waals surface area (Å²) in [6, 6.07) is 16.5. The van der Waals surface area contributed by atoms with Gasteiger partial charge in [0.05, 0.1) is 6.61 Å². The summed E-state index contributed by atoms with van der Waals surface area (Å²) >= 11 is 0. The molecule has 0 radical (unpaired) electrons. The minimum absolute atomic E-state index is 0.112. The van der Waals surface area contributed by atoms with Crippen LogP contribution in [0.2, 0.25) is 0 Å². The number of hydrogen-bond donors (Lipinski definition) is 1. The van der Waals surface area contributed by atoms with Gasteiger partial charge < -0.3 is 9.84 Å². The Morgan fingerprint density at radius 1 is 0.900 bits per heavy atom. The zero-order chi connectivity index (χ0) is 13.8. The summed E-state index contributed by atoms with van der Waals surface area (Å²) in [5.41, 5.74) is 2.51. The fraction of sp³-hybridized carbons (Fsp3) is 0.222. The van der Waals surface area contributed by atoms with E-state index in [0.717, 1.165) is 24.3 Å². The molecule has 0 amide bonds. The highest BCUT2D eigenvalue weighted by molar-refractivity contribution is 5.53. The number of para-hydroxylation sites is 2. The van der Waals surface area contributed by atoms with Crippen LogP contribution < -0.4 is 4.74 Å². The second-order valence-electron chi connectivity index (χ2n) is 4.96. The van der Waals surface area contributed by atoms with E-state index in [1.165, 1.54) is 11.1 Å². The van der Waals surface area contributed by atoms with Crippen LogP contribution in [-0.2, 0) is 0 Å². The van der Waals surface area contributed by atoms with E-state index < -0.39 is 0 Å². The zero-order valence-corrected chi connectivity index (χ0v) is 11.3. The third-order valence-corrected chi connectivity index (χ3v) is 3.70. The van der Waals surface area contributed by atoms with Crippen LogP contribution in [0.1, 0.15) is 29.9 Å². The first-order chi connectivity index (χ1) is 9.90. The van der Waals surface area contributed by atoms with Crippen LogP contribution in [0, 0.1) is 0 Å². The molecule has 0 saturated carbocycles. The maximum Gasteiger partial charge on any atom is 0.131 e. The third-order valence-electron chi connectivity index (χ3n) is 3.70. The molecule has 3 rings (SSSR count). The number of fused-ring (bicyclic) bond motifs is 2. The lowest BCUT2D eigenvalue weighted by atomic mass is 9.85. The monoisotopic (exact) mass is 266 g/mol. The van der Waals surface area contributed by atoms with Crippen molar-refractivity contribution in [2.45, 2.75) is 18.8 Å². The second-order valence-corrected chi connectivity index (χ2v) is 4.96. The Kier molecular flexibility index (Phi) is 3.84. The smallest absolute Gasteiger partial charge is 0.131 e. The van der Waals surface area contributed by atoms with Gasteiger partial charge in [-0.1, -0.05) is 48.6 Å². The van der Waals surface area contributed by atoms with Crippen molar-refractivity contribution in [3.05, 3.63) is 71.8 Å². The minimum Gasteiger partial charge on any atom is -0.457 e. The second kappa shape index (κ2) is 5.93. The topological polar surface area (TPSA) is 29.5 Å². The van der Waals surface area contributed by atoms with Crippen LogP contribution in [0.25, 0.3) is 0 Å². The third kappa shape index (κ3) is 2.47. The van der Waals surface area contributed by atoms with Gasteiger partial charge in [0.15, 0.2) is 0 Å². The van der Waals surface area contributed by atoms with Gasteiger partial charge in [-0.15, -0.1) is 0 Å². The number of aliphatic hydroxyl groups excluding tert-OH is 1. The van der Waals surface area contributed by atoms with Crippen LogP contribution >= 0.6 is 0 Å². The summed E-state index contributed by atoms with van der Waals surface area (Å²) in [6.07, 6.45) is 5.82. The molecule has 0 bridgehead atoms. The Bertz CT molecular complexity index is 571. The molecule has 0 atom stereocenters. The van der Waals surface area contributed by atoms with Crippen LogP contribution in [0.5, 0.6) is 11.5 Å². The van der Waals surface area contributed by atoms with E-state index in [0.29, 0.717) is 5.92 Å². The number of ether oxygens (including phenoxy) is 1. The Morgan fingerprint density at radius 3 is 2.10 bits per heavy atom. The van der Waals surface area contributed by atoms with Crippen molar-refractivity contribution in [3.8, 4) is 11.5 Å². The van der Waals surface area contributed by atoms with E-state index in [-0.39, 0.29) is 6.61 Å². The van der Waals surface area contributed by atoms with E-state index in [1.807, 2.05) is 30.3 Å². The van der Waals surface area contributed by atoms with Gasteiger partial charge in [-0.3, -0.25) is 0 Å². The first-order valence-corrected chi connectivity index (χ1v) is 7.01. The Morgan fingerprint density at radius 2 is 1.50 bits per heavy atom. The lowest BCUT2D eigenvalue weighted by Crippen LogP contribution is -2.09. The Labute approximate surface area is 119 Å². The van der Waals surface area contributed by atoms with Gasteiger partial charge in [-0.25, -0.2) is 0 Å². The average Bonchev–Trinajstić information content (AvgIpc) is 2.50. The van der Waals surface area contributed by atoms with Crippen LogP contribution in [0.4, 0.5) is 0 Å². The summed E-state index contributed by atoms with van der Waals surface area (Å²) in [5, 5.41) is 8.81. The molecule has 2 aromatic rings. The molecule has 0 unspecified atom stereocenters. The Balaban J connectivity index is 1.93. The fourth-order valence-corrected chi connectivity index (χ4v) is 2.77. The van der Waals surface area contributed by atoms with Crippen LogP contribution in [0.3, 0.4) is 0 Å². The van der Waals surface area contributed by atoms with E-state index in [1.54, 1.807) is 6.08 Å². The standard InChI is InChI=1S/C18H18O2/c19-13-7-1-2-8-14-15-9-3-5-11-17(15)20-18-12-6-4-10-16(14)18/h1,3-7,9-12,14,19H,2,8,13H2/b7-1-. The summed E-state index contributed by atoms with van der Waals surface area (Å²) < 4.78 is 5.98. The predicted octanol–water partition coefficient (Wildman–Crippen LogP) is 4.25. The van der Waals surface area contributed by atoms with Gasteiger partial charge in [-0.2, -0.15) is 0 Å². The highest BCUT2D eigenvalue weighted by Gasteiger charge is 2.25. The number of hydrogen-bond acceptors (Lipinski definition) is 2. The molecule has 1 N–H and O–H groups in total. The van der Waals surface area contributed by atoms with Crippen molar-refractivity contribution in [1.29, 1.82) is 0 Å². The quantitative estimate of drug-likeness (QED) is 0.838. The maximum atomic E-state index is 8.81. The fourth-order valence-electron chi connectivity index (χ4n) is 2.77. The highest BCUT2D eigenvalue weighted by atomic mass is 16.5. The highest BCUT2D eigenvalue weighted by Crippen LogP contribution is 2.45. The number of aliphatic hydroxyl groups is 1. The van der Waals surface area contributed by atoms with E-state index in [4.69, 9.17) is 9.84 Å². The Hall–Kier alpha value is -2.06. The molecule has 0 spiro atoms. The van der Waals surface area contributed by atoms with Crippen molar-refractivity contribution in [2.75, 3.05) is 6.61 Å². The van der Waals surface area contributed by atoms with Gasteiger partial charge >= 0.3 is 0 Å². The molecule has 0 saturated heterocycles. The molecule has 0 aromatic heterocycles. The molecule has 0 aliphatic carbocycles. The first-order valence-electron chi connectivity index (χ1n) is 7.01. The number of benzene rings is 2. The minimum atomic E-state index is 0.112. The van der Waals surface area contributed by atoms with Crippen molar-refractivity contribution >= 4 is 0 Å². The molecule has 1 aliphatic rings. The van der Waals surface area contributed by atoms with Gasteiger partial charge in [0, 0.05) is 17.0 Å². The van der Waals surface area contributed by atoms with Gasteiger partial charge in [0.25, 0.3) is 0 Å². The molecular formula is C18H18O2. The summed E-state index contributed by atoms with van der Waals surface area (Å²) in [5.74, 6) is 2.28. The van der Waals surface area contributed by atoms with E-state index in [9.17, 15) is 0 Å². The normalized spacial score (nSPS) is 13.8. The molecule has 1 aliphatic heterocycles. The molecule has 1 heterocycles. The lowest BCUT2D eigenvalue weighted by Gasteiger charge is -2.28. The zero-order valence-electron chi connectivity index (χ0n) is 11.3. The summed E-state index contributed by atoms with van der Waals surface area (Å²) in [7, 11) is 0. The molecule has 2 aromatic carbocycles. The summed E-state index contributed by atoms with van der Waals surface area (Å²) in [4.78, 5) is 0. The van der Waals surface area contributed by atoms with Crippen molar-refractivity contribution in [1.82, 2.24) is 0 Å². The first kappa shape index (κ1) is 12.9. The molecule has 20 heavy (non-hydrogen) atoms. The SMILES string of the molecule is OC/C=C\CCC1c2ccccc2Oc2ccccc21. The lowest BCUT2D eigenvalue weighted by molar-refractivity contribution is 0.342. The molecule has 2 nitrogen and oxygen atoms in total. The average molecular weight is 266 g/mol. The molecule has 2 heteroatoms. The van der Waals surface area contributed by atoms with Gasteiger partial charge in [0.1, 0.15) is 11.5 Å². The van der Waals surface area contributed by atoms with Crippen molar-refractivity contribution in [3.63, 3.8) is 0 Å². The predicted molar refractivity (Wildman–Crippen MR) is 80.3 cm³/mol. The van der Waals surface area contributed by atoms with Crippen molar-refractivity contribution < 1.29 is 9.84 Å². The van der Waals surface area contributed by atoms with E-state index in [2.05, 4.69) is 24.3 Å². The van der Waals surface area contributed by atoms with Gasteiger partial charge in [0.2, 0.25) is 0 Å².